The molecule has 8 heteroatoms. The van der Waals surface area contributed by atoms with E-state index in [1.807, 2.05) is 29.2 Å². The van der Waals surface area contributed by atoms with Gasteiger partial charge in [-0.2, -0.15) is 0 Å². The highest BCUT2D eigenvalue weighted by molar-refractivity contribution is 5.95. The summed E-state index contributed by atoms with van der Waals surface area (Å²) in [5.41, 5.74) is 1.44. The molecule has 1 aromatic carbocycles. The van der Waals surface area contributed by atoms with Crippen LogP contribution in [0.2, 0.25) is 0 Å². The largest absolute Gasteiger partial charge is 0.333 e. The molecular weight excluding hydrogens is 292 g/mol. The van der Waals surface area contributed by atoms with Crippen LogP contribution >= 0.6 is 12.4 Å². The van der Waals surface area contributed by atoms with Crippen molar-refractivity contribution in [2.24, 2.45) is 0 Å². The lowest BCUT2D eigenvalue weighted by atomic mass is 10.1. The second kappa shape index (κ2) is 6.64. The van der Waals surface area contributed by atoms with Crippen LogP contribution in [-0.2, 0) is 0 Å². The van der Waals surface area contributed by atoms with Crippen LogP contribution in [0.5, 0.6) is 0 Å². The third-order valence-electron chi connectivity index (χ3n) is 3.47. The minimum Gasteiger partial charge on any atom is -0.333 e. The van der Waals surface area contributed by atoms with Crippen molar-refractivity contribution in [3.05, 3.63) is 36.2 Å². The van der Waals surface area contributed by atoms with Gasteiger partial charge in [-0.25, -0.2) is 4.68 Å². The number of hydrogen-bond donors (Lipinski definition) is 1. The zero-order valence-electron chi connectivity index (χ0n) is 11.6. The van der Waals surface area contributed by atoms with Gasteiger partial charge < -0.3 is 10.2 Å². The third kappa shape index (κ3) is 3.20. The monoisotopic (exact) mass is 308 g/mol. The Morgan fingerprint density at radius 2 is 2.29 bits per heavy atom. The molecule has 1 N–H and O–H groups in total. The summed E-state index contributed by atoms with van der Waals surface area (Å²) in [6.45, 7) is 4.45. The number of tetrazole rings is 1. The Balaban J connectivity index is 0.00000161. The predicted octanol–water partition coefficient (Wildman–Crippen LogP) is 0.518. The lowest BCUT2D eigenvalue weighted by Gasteiger charge is -2.34. The summed E-state index contributed by atoms with van der Waals surface area (Å²) in [5.74, 6) is 0.0499. The average molecular weight is 309 g/mol. The molecule has 3 rings (SSSR count). The molecule has 2 aromatic rings. The van der Waals surface area contributed by atoms with Crippen molar-refractivity contribution in [1.29, 1.82) is 0 Å². The van der Waals surface area contributed by atoms with Gasteiger partial charge >= 0.3 is 0 Å². The number of carbonyl (C=O) groups is 1. The second-order valence-electron chi connectivity index (χ2n) is 4.86. The Labute approximate surface area is 128 Å². The minimum atomic E-state index is 0. The van der Waals surface area contributed by atoms with E-state index in [0.717, 1.165) is 25.3 Å². The van der Waals surface area contributed by atoms with Crippen molar-refractivity contribution in [3.8, 4) is 5.69 Å². The van der Waals surface area contributed by atoms with Gasteiger partial charge in [-0.05, 0) is 35.5 Å². The number of benzene rings is 1. The van der Waals surface area contributed by atoms with E-state index in [2.05, 4.69) is 27.8 Å². The first-order valence-corrected chi connectivity index (χ1v) is 6.61. The Morgan fingerprint density at radius 3 is 3.00 bits per heavy atom. The topological polar surface area (TPSA) is 75.9 Å². The van der Waals surface area contributed by atoms with E-state index >= 15 is 0 Å². The number of amides is 1. The molecule has 1 aliphatic heterocycles. The third-order valence-corrected chi connectivity index (χ3v) is 3.47. The molecule has 21 heavy (non-hydrogen) atoms. The summed E-state index contributed by atoms with van der Waals surface area (Å²) in [4.78, 5) is 14.5. The average Bonchev–Trinajstić information content (AvgIpc) is 3.01. The first-order valence-electron chi connectivity index (χ1n) is 6.61. The van der Waals surface area contributed by atoms with Crippen LogP contribution in [-0.4, -0.2) is 56.7 Å². The van der Waals surface area contributed by atoms with E-state index in [1.165, 1.54) is 11.0 Å². The number of aromatic nitrogens is 4. The number of piperazine rings is 1. The van der Waals surface area contributed by atoms with E-state index in [4.69, 9.17) is 0 Å². The van der Waals surface area contributed by atoms with E-state index in [0.29, 0.717) is 5.56 Å². The fourth-order valence-electron chi connectivity index (χ4n) is 2.37. The van der Waals surface area contributed by atoms with Gasteiger partial charge in [-0.15, -0.1) is 17.5 Å². The highest BCUT2D eigenvalue weighted by Gasteiger charge is 2.24. The summed E-state index contributed by atoms with van der Waals surface area (Å²) >= 11 is 0. The SMILES string of the molecule is C[C@H]1CNCCN1C(=O)c1cccc(-n2cnnn2)c1.Cl. The minimum absolute atomic E-state index is 0. The molecule has 112 valence electrons. The Bertz CT molecular complexity index is 602. The Hall–Kier alpha value is -1.99. The highest BCUT2D eigenvalue weighted by Crippen LogP contribution is 2.14. The summed E-state index contributed by atoms with van der Waals surface area (Å²) in [5, 5.41) is 14.3. The number of halogens is 1. The van der Waals surface area contributed by atoms with Crippen LogP contribution in [0, 0.1) is 0 Å². The normalized spacial score (nSPS) is 18.1. The van der Waals surface area contributed by atoms with E-state index in [1.54, 1.807) is 0 Å². The molecule has 1 aliphatic rings. The van der Waals surface area contributed by atoms with Crippen molar-refractivity contribution in [2.45, 2.75) is 13.0 Å². The van der Waals surface area contributed by atoms with Crippen LogP contribution in [0.25, 0.3) is 5.69 Å². The smallest absolute Gasteiger partial charge is 0.254 e. The first kappa shape index (κ1) is 15.4. The predicted molar refractivity (Wildman–Crippen MR) is 79.8 cm³/mol. The van der Waals surface area contributed by atoms with Crippen molar-refractivity contribution >= 4 is 18.3 Å². The maximum atomic E-state index is 12.6. The van der Waals surface area contributed by atoms with E-state index in [-0.39, 0.29) is 24.4 Å². The summed E-state index contributed by atoms with van der Waals surface area (Å²) in [7, 11) is 0. The zero-order chi connectivity index (χ0) is 13.9. The molecule has 1 amide bonds. The van der Waals surface area contributed by atoms with Crippen LogP contribution in [0.15, 0.2) is 30.6 Å². The van der Waals surface area contributed by atoms with Gasteiger partial charge in [-0.1, -0.05) is 6.07 Å². The van der Waals surface area contributed by atoms with Gasteiger partial charge in [0.1, 0.15) is 6.33 Å². The molecule has 1 saturated heterocycles. The quantitative estimate of drug-likeness (QED) is 0.875. The van der Waals surface area contributed by atoms with Crippen molar-refractivity contribution < 1.29 is 4.79 Å². The first-order chi connectivity index (χ1) is 9.75. The lowest BCUT2D eigenvalue weighted by molar-refractivity contribution is 0.0655. The lowest BCUT2D eigenvalue weighted by Crippen LogP contribution is -2.52. The van der Waals surface area contributed by atoms with Crippen molar-refractivity contribution in [2.75, 3.05) is 19.6 Å². The van der Waals surface area contributed by atoms with Crippen LogP contribution in [0.3, 0.4) is 0 Å². The highest BCUT2D eigenvalue weighted by atomic mass is 35.5. The zero-order valence-corrected chi connectivity index (χ0v) is 12.5. The van der Waals surface area contributed by atoms with E-state index < -0.39 is 0 Å². The van der Waals surface area contributed by atoms with Crippen LogP contribution in [0.1, 0.15) is 17.3 Å². The van der Waals surface area contributed by atoms with Gasteiger partial charge in [0.15, 0.2) is 0 Å². The molecule has 0 radical (unpaired) electrons. The second-order valence-corrected chi connectivity index (χ2v) is 4.86. The van der Waals surface area contributed by atoms with Gasteiger partial charge in [0, 0.05) is 31.2 Å². The fraction of sp³-hybridized carbons (Fsp3) is 0.385. The molecule has 1 aromatic heterocycles. The molecule has 1 fully saturated rings. The number of hydrogen-bond acceptors (Lipinski definition) is 5. The van der Waals surface area contributed by atoms with E-state index in [9.17, 15) is 4.79 Å². The molecule has 2 heterocycles. The van der Waals surface area contributed by atoms with Gasteiger partial charge in [0.05, 0.1) is 5.69 Å². The summed E-state index contributed by atoms with van der Waals surface area (Å²) in [6.07, 6.45) is 1.51. The van der Waals surface area contributed by atoms with Crippen LogP contribution in [0.4, 0.5) is 0 Å². The molecular formula is C13H17ClN6O. The molecule has 0 bridgehead atoms. The molecule has 7 nitrogen and oxygen atoms in total. The van der Waals surface area contributed by atoms with Crippen LogP contribution < -0.4 is 5.32 Å². The number of nitrogens with one attached hydrogen (secondary N) is 1. The molecule has 0 unspecified atom stereocenters. The molecule has 0 spiro atoms. The summed E-state index contributed by atoms with van der Waals surface area (Å²) < 4.78 is 1.54. The number of nitrogens with zero attached hydrogens (tertiary/aromatic N) is 5. The van der Waals surface area contributed by atoms with Crippen molar-refractivity contribution in [1.82, 2.24) is 30.4 Å². The molecule has 0 saturated carbocycles. The Morgan fingerprint density at radius 1 is 1.43 bits per heavy atom. The molecule has 0 aliphatic carbocycles. The number of carbonyl (C=O) groups excluding carboxylic acids is 1. The summed E-state index contributed by atoms with van der Waals surface area (Å²) in [6, 6.07) is 7.55. The maximum absolute atomic E-state index is 12.6. The van der Waals surface area contributed by atoms with Gasteiger partial charge in [0.2, 0.25) is 0 Å². The van der Waals surface area contributed by atoms with Crippen molar-refractivity contribution in [3.63, 3.8) is 0 Å². The Kier molecular flexibility index (Phi) is 4.87. The standard InChI is InChI=1S/C13H16N6O.ClH/c1-10-8-14-5-6-18(10)13(20)11-3-2-4-12(7-11)19-9-15-16-17-19;/h2-4,7,9-10,14H,5-6,8H2,1H3;1H/t10-;/m0./s1. The van der Waals surface area contributed by atoms with Gasteiger partial charge in [0.25, 0.3) is 5.91 Å². The fourth-order valence-corrected chi connectivity index (χ4v) is 2.37. The van der Waals surface area contributed by atoms with Gasteiger partial charge in [-0.3, -0.25) is 4.79 Å². The number of rotatable bonds is 2. The molecule has 1 atom stereocenters. The maximum Gasteiger partial charge on any atom is 0.254 e.